The minimum Gasteiger partial charge on any atom is -0.507 e. The minimum atomic E-state index is -0.801. The number of hydrogen-bond acceptors (Lipinski definition) is 6. The van der Waals surface area contributed by atoms with E-state index in [0.717, 1.165) is 19.3 Å². The quantitative estimate of drug-likeness (QED) is 0.248. The van der Waals surface area contributed by atoms with Gasteiger partial charge < -0.3 is 19.5 Å². The van der Waals surface area contributed by atoms with Crippen LogP contribution >= 0.6 is 23.2 Å². The van der Waals surface area contributed by atoms with E-state index in [1.54, 1.807) is 24.5 Å². The van der Waals surface area contributed by atoms with Gasteiger partial charge >= 0.3 is 0 Å². The molecule has 1 aliphatic heterocycles. The summed E-state index contributed by atoms with van der Waals surface area (Å²) in [7, 11) is 2.77. The molecule has 1 N–H and O–H groups in total. The molecule has 1 amide bonds. The Labute approximate surface area is 196 Å². The number of pyridine rings is 1. The third-order valence-corrected chi connectivity index (χ3v) is 5.96. The van der Waals surface area contributed by atoms with Gasteiger partial charge in [0.05, 0.1) is 36.4 Å². The summed E-state index contributed by atoms with van der Waals surface area (Å²) in [4.78, 5) is 31.6. The van der Waals surface area contributed by atoms with Gasteiger partial charge in [0.2, 0.25) is 0 Å². The summed E-state index contributed by atoms with van der Waals surface area (Å²) >= 11 is 12.6. The fourth-order valence-corrected chi connectivity index (χ4v) is 4.51. The molecule has 1 aromatic heterocycles. The maximum atomic E-state index is 13.1. The number of ether oxygens (including phenoxy) is 2. The Hall–Kier alpha value is -2.77. The van der Waals surface area contributed by atoms with E-state index in [1.807, 2.05) is 0 Å². The van der Waals surface area contributed by atoms with Crippen LogP contribution in [0.2, 0.25) is 10.0 Å². The van der Waals surface area contributed by atoms with Crippen molar-refractivity contribution < 1.29 is 24.2 Å². The predicted molar refractivity (Wildman–Crippen MR) is 122 cm³/mol. The molecule has 32 heavy (non-hydrogen) atoms. The third-order valence-electron chi connectivity index (χ3n) is 5.34. The molecule has 0 spiro atoms. The fourth-order valence-electron chi connectivity index (χ4n) is 3.82. The number of ketones is 1. The van der Waals surface area contributed by atoms with Gasteiger partial charge in [-0.1, -0.05) is 49.0 Å². The van der Waals surface area contributed by atoms with Crippen molar-refractivity contribution in [2.45, 2.75) is 32.2 Å². The summed E-state index contributed by atoms with van der Waals surface area (Å²) in [5.41, 5.74) is 0.619. The molecule has 1 unspecified atom stereocenters. The molecule has 1 saturated heterocycles. The number of hydrogen-bond donors (Lipinski definition) is 1. The average Bonchev–Trinajstić information content (AvgIpc) is 3.04. The standard InChI is InChI=1S/C23H24Cl2N2O5/c1-4-5-6-10-27-18(13-8-7-9-26-12-13)16(20(29)23(27)30)19(28)14-11-15(24)22(32-3)17(25)21(14)31-2/h7-9,11-12,18,28H,4-6,10H2,1-3H3/b19-16+. The van der Waals surface area contributed by atoms with Gasteiger partial charge in [0, 0.05) is 18.9 Å². The van der Waals surface area contributed by atoms with Crippen LogP contribution < -0.4 is 9.47 Å². The Morgan fingerprint density at radius 1 is 1.19 bits per heavy atom. The van der Waals surface area contributed by atoms with Crippen LogP contribution in [-0.4, -0.2) is 47.4 Å². The van der Waals surface area contributed by atoms with E-state index in [4.69, 9.17) is 32.7 Å². The molecule has 1 aromatic carbocycles. The third kappa shape index (κ3) is 4.27. The maximum absolute atomic E-state index is 13.1. The second-order valence-corrected chi connectivity index (χ2v) is 8.06. The number of carbonyl (C=O) groups is 2. The maximum Gasteiger partial charge on any atom is 0.295 e. The van der Waals surface area contributed by atoms with Gasteiger partial charge in [-0.15, -0.1) is 0 Å². The van der Waals surface area contributed by atoms with Crippen molar-refractivity contribution in [3.05, 3.63) is 57.3 Å². The van der Waals surface area contributed by atoms with Crippen LogP contribution in [0.3, 0.4) is 0 Å². The molecule has 0 bridgehead atoms. The largest absolute Gasteiger partial charge is 0.507 e. The van der Waals surface area contributed by atoms with Crippen LogP contribution in [0.15, 0.2) is 36.2 Å². The Kier molecular flexibility index (Phi) is 7.64. The molecular formula is C23H24Cl2N2O5. The molecule has 1 aliphatic rings. The van der Waals surface area contributed by atoms with Crippen molar-refractivity contribution in [3.63, 3.8) is 0 Å². The summed E-state index contributed by atoms with van der Waals surface area (Å²) in [5, 5.41) is 11.4. The SMILES string of the molecule is CCCCCN1C(=O)C(=O)/C(=C(/O)c2cc(Cl)c(OC)c(Cl)c2OC)C1c1cccnc1. The number of methoxy groups -OCH3 is 2. The molecule has 0 aliphatic carbocycles. The topological polar surface area (TPSA) is 89.0 Å². The van der Waals surface area contributed by atoms with E-state index in [1.165, 1.54) is 25.2 Å². The molecular weight excluding hydrogens is 455 g/mol. The lowest BCUT2D eigenvalue weighted by atomic mass is 9.95. The summed E-state index contributed by atoms with van der Waals surface area (Å²) in [5.74, 6) is -1.66. The molecule has 2 heterocycles. The minimum absolute atomic E-state index is 0.0409. The first-order chi connectivity index (χ1) is 15.4. The zero-order chi connectivity index (χ0) is 23.4. The number of amides is 1. The summed E-state index contributed by atoms with van der Waals surface area (Å²) in [6.45, 7) is 2.42. The van der Waals surface area contributed by atoms with Gasteiger partial charge in [-0.05, 0) is 24.1 Å². The first kappa shape index (κ1) is 23.9. The highest BCUT2D eigenvalue weighted by molar-refractivity contribution is 6.47. The molecule has 170 valence electrons. The highest BCUT2D eigenvalue weighted by Crippen LogP contribution is 2.47. The molecule has 7 nitrogen and oxygen atoms in total. The number of likely N-dealkylation sites (tertiary alicyclic amines) is 1. The molecule has 1 atom stereocenters. The van der Waals surface area contributed by atoms with E-state index >= 15 is 0 Å². The summed E-state index contributed by atoms with van der Waals surface area (Å²) < 4.78 is 10.6. The average molecular weight is 479 g/mol. The number of halogens is 2. The molecule has 0 radical (unpaired) electrons. The van der Waals surface area contributed by atoms with Crippen LogP contribution in [0.25, 0.3) is 5.76 Å². The van der Waals surface area contributed by atoms with Crippen molar-refractivity contribution >= 4 is 40.7 Å². The number of carbonyl (C=O) groups excluding carboxylic acids is 2. The van der Waals surface area contributed by atoms with Gasteiger partial charge in [0.25, 0.3) is 11.7 Å². The molecule has 9 heteroatoms. The summed E-state index contributed by atoms with van der Waals surface area (Å²) in [6, 6.07) is 4.06. The van der Waals surface area contributed by atoms with Gasteiger partial charge in [-0.25, -0.2) is 0 Å². The lowest BCUT2D eigenvalue weighted by Crippen LogP contribution is -2.30. The molecule has 2 aromatic rings. The Morgan fingerprint density at radius 3 is 2.50 bits per heavy atom. The van der Waals surface area contributed by atoms with Crippen LogP contribution in [0, 0.1) is 0 Å². The van der Waals surface area contributed by atoms with E-state index in [-0.39, 0.29) is 32.7 Å². The number of benzene rings is 1. The van der Waals surface area contributed by atoms with Crippen LogP contribution in [0.1, 0.15) is 43.4 Å². The highest BCUT2D eigenvalue weighted by atomic mass is 35.5. The smallest absolute Gasteiger partial charge is 0.295 e. The van der Waals surface area contributed by atoms with E-state index < -0.39 is 23.5 Å². The van der Waals surface area contributed by atoms with E-state index in [0.29, 0.717) is 12.1 Å². The van der Waals surface area contributed by atoms with Gasteiger partial charge in [0.15, 0.2) is 11.5 Å². The summed E-state index contributed by atoms with van der Waals surface area (Å²) in [6.07, 6.45) is 5.76. The van der Waals surface area contributed by atoms with Crippen molar-refractivity contribution in [2.75, 3.05) is 20.8 Å². The van der Waals surface area contributed by atoms with Crippen LogP contribution in [-0.2, 0) is 9.59 Å². The number of rotatable bonds is 8. The molecule has 1 fully saturated rings. The predicted octanol–water partition coefficient (Wildman–Crippen LogP) is 5.02. The van der Waals surface area contributed by atoms with E-state index in [9.17, 15) is 14.7 Å². The first-order valence-corrected chi connectivity index (χ1v) is 10.9. The number of aliphatic hydroxyl groups is 1. The number of aromatic nitrogens is 1. The van der Waals surface area contributed by atoms with Crippen molar-refractivity contribution in [2.24, 2.45) is 0 Å². The van der Waals surface area contributed by atoms with Crippen LogP contribution in [0.4, 0.5) is 0 Å². The molecule has 3 rings (SSSR count). The van der Waals surface area contributed by atoms with Crippen molar-refractivity contribution in [3.8, 4) is 11.5 Å². The number of Topliss-reactive ketones (excluding diaryl/α,β-unsaturated/α-hetero) is 1. The normalized spacial score (nSPS) is 17.7. The second kappa shape index (κ2) is 10.2. The zero-order valence-corrected chi connectivity index (χ0v) is 19.5. The Bertz CT molecular complexity index is 1060. The first-order valence-electron chi connectivity index (χ1n) is 10.2. The fraction of sp³-hybridized carbons (Fsp3) is 0.348. The highest BCUT2D eigenvalue weighted by Gasteiger charge is 2.46. The second-order valence-electron chi connectivity index (χ2n) is 7.27. The number of unbranched alkanes of at least 4 members (excludes halogenated alkanes) is 2. The lowest BCUT2D eigenvalue weighted by molar-refractivity contribution is -0.139. The van der Waals surface area contributed by atoms with Crippen molar-refractivity contribution in [1.29, 1.82) is 0 Å². The van der Waals surface area contributed by atoms with Crippen molar-refractivity contribution in [1.82, 2.24) is 9.88 Å². The van der Waals surface area contributed by atoms with Gasteiger partial charge in [0.1, 0.15) is 10.8 Å². The van der Waals surface area contributed by atoms with E-state index in [2.05, 4.69) is 11.9 Å². The van der Waals surface area contributed by atoms with Gasteiger partial charge in [-0.3, -0.25) is 14.6 Å². The zero-order valence-electron chi connectivity index (χ0n) is 18.0. The number of nitrogens with zero attached hydrogens (tertiary/aromatic N) is 2. The monoisotopic (exact) mass is 478 g/mol. The number of aliphatic hydroxyl groups excluding tert-OH is 1. The molecule has 0 saturated carbocycles. The Balaban J connectivity index is 2.23. The Morgan fingerprint density at radius 2 is 1.91 bits per heavy atom. The van der Waals surface area contributed by atoms with Gasteiger partial charge in [-0.2, -0.15) is 0 Å². The van der Waals surface area contributed by atoms with Crippen LogP contribution in [0.5, 0.6) is 11.5 Å². The lowest BCUT2D eigenvalue weighted by Gasteiger charge is -2.25.